The maximum absolute atomic E-state index is 11.2. The van der Waals surface area contributed by atoms with Gasteiger partial charge < -0.3 is 10.1 Å². The molecular formula is C64H110BrI4N5O5S4-4. The predicted molar refractivity (Wildman–Crippen MR) is 363 cm³/mol. The van der Waals surface area contributed by atoms with E-state index in [-0.39, 0.29) is 85.2 Å². The monoisotopic (exact) mass is 1740 g/mol. The SMILES string of the molecule is CC(C)[I-]S(C(C)C)(C(C)C)n1ccc(Br)c1.CC(C)[I-]S(C(C)C)(C(C)C)n1ccc(C=O)c1.CC(C)[I-]S(C(C)C)(C(C)C)n1cccc1.COC(=O)/C=C/c1ccn(S([I-]C(C)C)(C(C)C)C(C)C)c1.O=C(O)/C=C/c1cc[nH]c1. The molecule has 19 heteroatoms. The van der Waals surface area contributed by atoms with Gasteiger partial charge in [-0.1, -0.05) is 0 Å². The molecule has 0 aliphatic carbocycles. The first-order chi connectivity index (χ1) is 38.6. The Hall–Kier alpha value is -0.710. The van der Waals surface area contributed by atoms with Gasteiger partial charge in [-0.2, -0.15) is 0 Å². The van der Waals surface area contributed by atoms with Crippen molar-refractivity contribution in [2.75, 3.05) is 7.11 Å². The number of aliphatic carboxylic acids is 1. The number of aldehydes is 1. The number of carboxylic acids is 1. The number of esters is 1. The smallest absolute Gasteiger partial charge is 0.328 e. The molecule has 0 amide bonds. The van der Waals surface area contributed by atoms with Crippen molar-refractivity contribution < 1.29 is 104 Å². The van der Waals surface area contributed by atoms with Gasteiger partial charge in [0.15, 0.2) is 0 Å². The summed E-state index contributed by atoms with van der Waals surface area (Å²) >= 11 is 4.17. The second kappa shape index (κ2) is 38.8. The van der Waals surface area contributed by atoms with Crippen molar-refractivity contribution in [2.24, 2.45) is 0 Å². The molecule has 0 radical (unpaired) electrons. The van der Waals surface area contributed by atoms with Crippen LogP contribution in [0.3, 0.4) is 0 Å². The molecule has 83 heavy (non-hydrogen) atoms. The number of carboxylic acid groups (broad SMARTS) is 1. The molecule has 2 N–H and O–H groups in total. The van der Waals surface area contributed by atoms with Crippen LogP contribution in [0.4, 0.5) is 0 Å². The van der Waals surface area contributed by atoms with Gasteiger partial charge in [0, 0.05) is 18.5 Å². The summed E-state index contributed by atoms with van der Waals surface area (Å²) in [5.41, 5.74) is 2.74. The number of H-pyrrole nitrogens is 1. The molecule has 0 fully saturated rings. The number of aromatic amines is 1. The summed E-state index contributed by atoms with van der Waals surface area (Å²) in [6.45, 7) is 57.1. The second-order valence-corrected chi connectivity index (χ2v) is 71.4. The van der Waals surface area contributed by atoms with Crippen LogP contribution in [-0.2, 0) is 14.3 Å². The van der Waals surface area contributed by atoms with Crippen molar-refractivity contribution in [1.82, 2.24) is 20.9 Å². The number of carbonyl (C=O) groups is 3. The minimum Gasteiger partial charge on any atom is -0.478 e. The van der Waals surface area contributed by atoms with Crippen LogP contribution in [0.15, 0.2) is 115 Å². The number of alkyl halides is 4. The molecule has 0 aromatic carbocycles. The van der Waals surface area contributed by atoms with Gasteiger partial charge in [0.25, 0.3) is 0 Å². The number of ether oxygens (including phenoxy) is 1. The van der Waals surface area contributed by atoms with Crippen molar-refractivity contribution in [2.45, 2.75) is 224 Å². The minimum atomic E-state index is -0.929. The molecular weight excluding hydrogens is 1630 g/mol. The number of rotatable bonds is 25. The fourth-order valence-electron chi connectivity index (χ4n) is 9.45. The molecule has 10 nitrogen and oxygen atoms in total. The van der Waals surface area contributed by atoms with Gasteiger partial charge >= 0.3 is 512 Å². The van der Waals surface area contributed by atoms with Gasteiger partial charge in [-0.25, -0.2) is 4.79 Å². The molecule has 5 aromatic heterocycles. The summed E-state index contributed by atoms with van der Waals surface area (Å²) in [4.78, 5) is 35.0. The van der Waals surface area contributed by atoms with E-state index in [1.807, 2.05) is 12.1 Å². The van der Waals surface area contributed by atoms with E-state index in [2.05, 4.69) is 282 Å². The zero-order valence-electron chi connectivity index (χ0n) is 54.9. The van der Waals surface area contributed by atoms with Crippen LogP contribution in [-0.4, -0.2) is 109 Å². The van der Waals surface area contributed by atoms with E-state index in [1.165, 1.54) is 23.7 Å². The molecule has 0 saturated carbocycles. The molecule has 0 saturated heterocycles. The molecule has 0 atom stereocenters. The summed E-state index contributed by atoms with van der Waals surface area (Å²) in [6.07, 6.45) is 28.1. The molecule has 0 aliphatic heterocycles. The zero-order valence-corrected chi connectivity index (χ0v) is 68.4. The van der Waals surface area contributed by atoms with Gasteiger partial charge in [-0.15, -0.1) is 0 Å². The Kier molecular flexibility index (Phi) is 37.5. The first kappa shape index (κ1) is 80.3. The Morgan fingerprint density at radius 2 is 0.819 bits per heavy atom. The van der Waals surface area contributed by atoms with E-state index in [0.717, 1.165) is 65.8 Å². The third kappa shape index (κ3) is 23.9. The average molecular weight is 1750 g/mol. The maximum Gasteiger partial charge on any atom is 0.328 e. The number of hydrogen-bond donors (Lipinski definition) is 2. The largest absolute Gasteiger partial charge is 0.478 e. The summed E-state index contributed by atoms with van der Waals surface area (Å²) in [6, 6.07) is 12.4. The minimum absolute atomic E-state index is 0.0714. The van der Waals surface area contributed by atoms with E-state index in [9.17, 15) is 14.4 Å². The fraction of sp³-hybridized carbons (Fsp3) is 0.578. The topological polar surface area (TPSA) is 116 Å². The number of nitrogens with zero attached hydrogens (tertiary/aromatic N) is 4. The number of nitrogens with one attached hydrogen (secondary N) is 1. The summed E-state index contributed by atoms with van der Waals surface area (Å²) in [5, 5.41) is 14.0. The van der Waals surface area contributed by atoms with Crippen molar-refractivity contribution in [3.63, 3.8) is 0 Å². The third-order valence-corrected chi connectivity index (χ3v) is 81.2. The van der Waals surface area contributed by atoms with Crippen molar-refractivity contribution in [3.05, 3.63) is 132 Å². The van der Waals surface area contributed by atoms with Crippen molar-refractivity contribution in [1.29, 1.82) is 0 Å². The first-order valence-electron chi connectivity index (χ1n) is 29.0. The van der Waals surface area contributed by atoms with Gasteiger partial charge in [-0.05, 0) is 17.7 Å². The Balaban J connectivity index is 0.000000527. The van der Waals surface area contributed by atoms with Crippen LogP contribution in [0, 0.1) is 0 Å². The average Bonchev–Trinajstić information content (AvgIpc) is 4.40. The molecule has 484 valence electrons. The van der Waals surface area contributed by atoms with E-state index < -0.39 is 35.5 Å². The molecule has 0 unspecified atom stereocenters. The van der Waals surface area contributed by atoms with Crippen LogP contribution in [0.2, 0.25) is 0 Å². The Morgan fingerprint density at radius 3 is 1.11 bits per heavy atom. The number of hydrogen-bond acceptors (Lipinski definition) is 4. The maximum atomic E-state index is 11.2. The van der Waals surface area contributed by atoms with Crippen molar-refractivity contribution >= 4 is 75.8 Å². The van der Waals surface area contributed by atoms with Crippen LogP contribution in [0.25, 0.3) is 12.2 Å². The van der Waals surface area contributed by atoms with Gasteiger partial charge in [-0.3, -0.25) is 0 Å². The van der Waals surface area contributed by atoms with Gasteiger partial charge in [0.05, 0.1) is 0 Å². The zero-order chi connectivity index (χ0) is 63.8. The Bertz CT molecular complexity index is 2620. The van der Waals surface area contributed by atoms with Gasteiger partial charge in [0.1, 0.15) is 0 Å². The van der Waals surface area contributed by atoms with E-state index in [1.54, 1.807) is 18.5 Å². The third-order valence-electron chi connectivity index (χ3n) is 12.2. The number of carbonyl (C=O) groups excluding carboxylic acids is 2. The molecule has 5 rings (SSSR count). The van der Waals surface area contributed by atoms with Gasteiger partial charge in [0.2, 0.25) is 0 Å². The predicted octanol–water partition coefficient (Wildman–Crippen LogP) is 7.01. The van der Waals surface area contributed by atoms with Crippen LogP contribution < -0.4 is 79.3 Å². The first-order valence-corrected chi connectivity index (χ1v) is 51.8. The molecule has 0 spiro atoms. The molecule has 5 heterocycles. The van der Waals surface area contributed by atoms with Crippen molar-refractivity contribution in [3.8, 4) is 0 Å². The number of halogens is 5. The van der Waals surface area contributed by atoms with E-state index in [4.69, 9.17) is 5.11 Å². The molecule has 0 bridgehead atoms. The van der Waals surface area contributed by atoms with E-state index >= 15 is 0 Å². The second-order valence-electron chi connectivity index (χ2n) is 22.8. The van der Waals surface area contributed by atoms with Crippen LogP contribution in [0.1, 0.15) is 188 Å². The molecule has 5 aromatic rings. The Morgan fingerprint density at radius 1 is 0.482 bits per heavy atom. The van der Waals surface area contributed by atoms with E-state index in [0.29, 0.717) is 21.0 Å². The summed E-state index contributed by atoms with van der Waals surface area (Å²) < 4.78 is 19.2. The summed E-state index contributed by atoms with van der Waals surface area (Å²) in [5.74, 6) is -1.24. The Labute approximate surface area is 556 Å². The summed E-state index contributed by atoms with van der Waals surface area (Å²) in [7, 11) is -1.61. The number of aromatic nitrogens is 5. The fourth-order valence-corrected chi connectivity index (χ4v) is 64.4. The quantitative estimate of drug-likeness (QED) is 0.0215. The van der Waals surface area contributed by atoms with Crippen LogP contribution >= 0.6 is 45.5 Å². The molecule has 0 aliphatic rings. The van der Waals surface area contributed by atoms with Crippen LogP contribution in [0.5, 0.6) is 0 Å². The standard InChI is InChI=1S/C17H29INO2S.C14H25INOS.C13H24BrINS.C13H25INS.C7H7NO2/c1-13(2)18-22(14(3)4,15(5)6)19-11-10-16(12-19)8-9-17(20)21-7;1-11(2)15-18(12(3)4,13(5)6)16-8-7-14(9-16)10-17;1-10(2)15-17(11(3)4,12(5)6)16-8-7-13(14)9-16;1-11(2)14-16(12(3)4,13(5)6)15-9-7-8-10-15;9-7(10)2-1-6-3-4-8-5-6/h8-15H,1-7H3;7-13H,1-6H3;7-12H,1-6H3;7-13H,1-6H3;1-5,8H,(H,9,10)/q4*-1;/b9-8+;;;;2-1+. The normalized spacial score (nSPS) is 13.6. The number of methoxy groups -OCH3 is 1.